The molecule has 144 valence electrons. The van der Waals surface area contributed by atoms with Gasteiger partial charge in [0, 0.05) is 17.9 Å². The molecule has 3 rings (SSSR count). The summed E-state index contributed by atoms with van der Waals surface area (Å²) in [6, 6.07) is 1.67. The first-order chi connectivity index (χ1) is 12.8. The predicted octanol–water partition coefficient (Wildman–Crippen LogP) is 4.33. The van der Waals surface area contributed by atoms with Gasteiger partial charge in [-0.1, -0.05) is 24.3 Å². The summed E-state index contributed by atoms with van der Waals surface area (Å²) in [5, 5.41) is 0. The molecule has 1 aromatic rings. The van der Waals surface area contributed by atoms with E-state index in [0.29, 0.717) is 47.8 Å². The van der Waals surface area contributed by atoms with E-state index in [1.807, 2.05) is 13.0 Å². The summed E-state index contributed by atoms with van der Waals surface area (Å²) in [6.07, 6.45) is 3.02. The van der Waals surface area contributed by atoms with E-state index in [4.69, 9.17) is 25.5 Å². The molecular weight excluding hydrogens is 368 g/mol. The molecule has 2 aliphatic rings. The highest BCUT2D eigenvalue weighted by atomic mass is 35.5. The number of halogens is 1. The summed E-state index contributed by atoms with van der Waals surface area (Å²) in [5.74, 6) is 0.190. The largest absolute Gasteiger partial charge is 0.465 e. The van der Waals surface area contributed by atoms with Crippen LogP contribution in [0.25, 0.3) is 0 Å². The van der Waals surface area contributed by atoms with E-state index in [-0.39, 0.29) is 17.8 Å². The maximum absolute atomic E-state index is 12.3. The van der Waals surface area contributed by atoms with Crippen LogP contribution in [0, 0.1) is 5.92 Å². The Hall–Kier alpha value is -2.27. The van der Waals surface area contributed by atoms with Gasteiger partial charge in [-0.15, -0.1) is 11.6 Å². The zero-order chi connectivity index (χ0) is 19.7. The Bertz CT molecular complexity index is 832. The Kier molecular flexibility index (Phi) is 5.61. The maximum Gasteiger partial charge on any atom is 0.341 e. The summed E-state index contributed by atoms with van der Waals surface area (Å²) in [5.41, 5.74) is 2.65. The lowest BCUT2D eigenvalue weighted by Gasteiger charge is -2.20. The molecule has 6 heteroatoms. The minimum absolute atomic E-state index is 0.0287. The molecular formula is C21H23ClO5. The Morgan fingerprint density at radius 2 is 2.15 bits per heavy atom. The van der Waals surface area contributed by atoms with Crippen LogP contribution < -0.4 is 0 Å². The molecule has 3 heterocycles. The monoisotopic (exact) mass is 390 g/mol. The smallest absolute Gasteiger partial charge is 0.341 e. The Morgan fingerprint density at radius 1 is 1.41 bits per heavy atom. The number of fused-ring (bicyclic) bond motifs is 3. The van der Waals surface area contributed by atoms with E-state index in [1.54, 1.807) is 6.07 Å². The molecule has 0 radical (unpaired) electrons. The van der Waals surface area contributed by atoms with Gasteiger partial charge in [-0.3, -0.25) is 0 Å². The molecule has 0 fully saturated rings. The van der Waals surface area contributed by atoms with Gasteiger partial charge in [-0.05, 0) is 37.8 Å². The number of allylic oxidation sites excluding steroid dienone is 1. The molecule has 27 heavy (non-hydrogen) atoms. The van der Waals surface area contributed by atoms with Gasteiger partial charge in [-0.25, -0.2) is 9.59 Å². The van der Waals surface area contributed by atoms with Crippen molar-refractivity contribution in [3.8, 4) is 0 Å². The lowest BCUT2D eigenvalue weighted by Crippen LogP contribution is -2.19. The number of hydrogen-bond donors (Lipinski definition) is 0. The second-order valence-electron chi connectivity index (χ2n) is 7.09. The minimum atomic E-state index is -0.498. The quantitative estimate of drug-likeness (QED) is 0.435. The Balaban J connectivity index is 2.13. The molecule has 5 nitrogen and oxygen atoms in total. The van der Waals surface area contributed by atoms with E-state index in [0.717, 1.165) is 11.1 Å². The van der Waals surface area contributed by atoms with E-state index >= 15 is 0 Å². The summed E-state index contributed by atoms with van der Waals surface area (Å²) >= 11 is 6.01. The number of methoxy groups -OCH3 is 1. The number of carbonyl (C=O) groups excluding carboxylic acids is 2. The number of carbonyl (C=O) groups is 2. The van der Waals surface area contributed by atoms with Gasteiger partial charge in [0.05, 0.1) is 13.0 Å². The third-order valence-corrected chi connectivity index (χ3v) is 5.56. The summed E-state index contributed by atoms with van der Waals surface area (Å²) in [7, 11) is 1.33. The van der Waals surface area contributed by atoms with Crippen LogP contribution in [0.3, 0.4) is 0 Å². The zero-order valence-electron chi connectivity index (χ0n) is 15.5. The van der Waals surface area contributed by atoms with Crippen LogP contribution in [0.1, 0.15) is 47.6 Å². The van der Waals surface area contributed by atoms with E-state index in [2.05, 4.69) is 13.2 Å². The van der Waals surface area contributed by atoms with E-state index in [1.165, 1.54) is 7.11 Å². The second-order valence-corrected chi connectivity index (χ2v) is 7.36. The summed E-state index contributed by atoms with van der Waals surface area (Å²) in [4.78, 5) is 24.6. The third kappa shape index (κ3) is 3.74. The molecule has 0 amide bonds. The molecule has 0 aromatic carbocycles. The van der Waals surface area contributed by atoms with Crippen LogP contribution in [0.15, 0.2) is 46.4 Å². The van der Waals surface area contributed by atoms with Crippen molar-refractivity contribution in [3.63, 3.8) is 0 Å². The molecule has 0 saturated heterocycles. The molecule has 0 spiro atoms. The van der Waals surface area contributed by atoms with Gasteiger partial charge in [0.15, 0.2) is 0 Å². The SMILES string of the molecule is C=C(CCl)C1CCC2=CC(OC2=O)C(C(=C)C)c2cc(C(=O)OC)c(o2)C1. The average molecular weight is 391 g/mol. The van der Waals surface area contributed by atoms with Crippen LogP contribution in [0.5, 0.6) is 0 Å². The van der Waals surface area contributed by atoms with Crippen LogP contribution in [-0.2, 0) is 20.7 Å². The first kappa shape index (κ1) is 19.5. The number of furan rings is 1. The van der Waals surface area contributed by atoms with Gasteiger partial charge in [0.25, 0.3) is 0 Å². The third-order valence-electron chi connectivity index (χ3n) is 5.21. The second kappa shape index (κ2) is 7.77. The standard InChI is InChI=1S/C21H23ClO5/c1-11(2)19-17-8-14(20(23)27-17)6-5-13(12(3)10-22)7-16-15(21(24)25-4)9-18(19)26-16/h8-9,13,17,19H,1,3,5-7,10H2,2,4H3. The molecule has 2 aliphatic heterocycles. The summed E-state index contributed by atoms with van der Waals surface area (Å²) in [6.45, 7) is 9.92. The van der Waals surface area contributed by atoms with Gasteiger partial charge >= 0.3 is 11.9 Å². The first-order valence-corrected chi connectivity index (χ1v) is 9.40. The van der Waals surface area contributed by atoms with Crippen LogP contribution in [0.4, 0.5) is 0 Å². The van der Waals surface area contributed by atoms with Gasteiger partial charge in [-0.2, -0.15) is 0 Å². The van der Waals surface area contributed by atoms with Crippen molar-refractivity contribution in [1.82, 2.24) is 0 Å². The lowest BCUT2D eigenvalue weighted by atomic mass is 9.87. The average Bonchev–Trinajstić information content (AvgIpc) is 3.19. The molecule has 4 bridgehead atoms. The van der Waals surface area contributed by atoms with Crippen molar-refractivity contribution >= 4 is 23.5 Å². The van der Waals surface area contributed by atoms with Crippen molar-refractivity contribution in [2.24, 2.45) is 5.92 Å². The zero-order valence-corrected chi connectivity index (χ0v) is 16.3. The minimum Gasteiger partial charge on any atom is -0.465 e. The van der Waals surface area contributed by atoms with Crippen LogP contribution >= 0.6 is 11.6 Å². The highest BCUT2D eigenvalue weighted by molar-refractivity contribution is 6.19. The number of alkyl halides is 1. The molecule has 0 aliphatic carbocycles. The molecule has 0 N–H and O–H groups in total. The topological polar surface area (TPSA) is 65.7 Å². The van der Waals surface area contributed by atoms with Crippen molar-refractivity contribution in [2.45, 2.75) is 38.2 Å². The fourth-order valence-electron chi connectivity index (χ4n) is 3.68. The van der Waals surface area contributed by atoms with Gasteiger partial charge < -0.3 is 13.9 Å². The van der Waals surface area contributed by atoms with Crippen molar-refractivity contribution in [3.05, 3.63) is 59.1 Å². The molecule has 3 atom stereocenters. The highest BCUT2D eigenvalue weighted by Gasteiger charge is 2.37. The maximum atomic E-state index is 12.3. The van der Waals surface area contributed by atoms with Crippen LogP contribution in [0.2, 0.25) is 0 Å². The van der Waals surface area contributed by atoms with Crippen molar-refractivity contribution in [1.29, 1.82) is 0 Å². The summed E-state index contributed by atoms with van der Waals surface area (Å²) < 4.78 is 16.6. The molecule has 0 saturated carbocycles. The van der Waals surface area contributed by atoms with E-state index in [9.17, 15) is 9.59 Å². The van der Waals surface area contributed by atoms with Crippen LogP contribution in [-0.4, -0.2) is 31.0 Å². The number of hydrogen-bond acceptors (Lipinski definition) is 5. The Labute approximate surface area is 163 Å². The van der Waals surface area contributed by atoms with Gasteiger partial charge in [0.1, 0.15) is 23.2 Å². The number of ether oxygens (including phenoxy) is 2. The molecule has 1 aromatic heterocycles. The van der Waals surface area contributed by atoms with E-state index < -0.39 is 12.1 Å². The highest BCUT2D eigenvalue weighted by Crippen LogP contribution is 2.39. The number of esters is 2. The van der Waals surface area contributed by atoms with Crippen molar-refractivity contribution < 1.29 is 23.5 Å². The van der Waals surface area contributed by atoms with Gasteiger partial charge in [0.2, 0.25) is 0 Å². The molecule has 3 unspecified atom stereocenters. The fourth-order valence-corrected chi connectivity index (χ4v) is 3.90. The number of rotatable bonds is 4. The lowest BCUT2D eigenvalue weighted by molar-refractivity contribution is -0.140. The fraction of sp³-hybridized carbons (Fsp3) is 0.429. The Morgan fingerprint density at radius 3 is 2.78 bits per heavy atom. The first-order valence-electron chi connectivity index (χ1n) is 8.87. The van der Waals surface area contributed by atoms with Crippen molar-refractivity contribution in [2.75, 3.05) is 13.0 Å². The normalized spacial score (nSPS) is 24.5. The predicted molar refractivity (Wildman–Crippen MR) is 102 cm³/mol.